The van der Waals surface area contributed by atoms with Gasteiger partial charge >= 0.3 is 134 Å². The molecule has 21 heavy (non-hydrogen) atoms. The molecule has 3 aromatic rings. The molecule has 0 fully saturated rings. The van der Waals surface area contributed by atoms with E-state index in [9.17, 15) is 0 Å². The van der Waals surface area contributed by atoms with E-state index in [1.165, 1.54) is 0 Å². The van der Waals surface area contributed by atoms with Gasteiger partial charge in [-0.25, -0.2) is 0 Å². The van der Waals surface area contributed by atoms with Crippen LogP contribution in [0.4, 0.5) is 0 Å². The van der Waals surface area contributed by atoms with Gasteiger partial charge in [-0.1, -0.05) is 0 Å². The summed E-state index contributed by atoms with van der Waals surface area (Å²) in [7, 11) is 14.6. The average molecular weight is 403 g/mol. The zero-order chi connectivity index (χ0) is 14.8. The molecule has 0 radical (unpaired) electrons. The third kappa shape index (κ3) is 2.44. The van der Waals surface area contributed by atoms with Crippen LogP contribution in [0.2, 0.25) is 0 Å². The van der Waals surface area contributed by atoms with E-state index >= 15 is 0 Å². The van der Waals surface area contributed by atoms with Crippen molar-refractivity contribution >= 4 is 31.9 Å². The van der Waals surface area contributed by atoms with Gasteiger partial charge < -0.3 is 0 Å². The van der Waals surface area contributed by atoms with Crippen molar-refractivity contribution in [3.63, 3.8) is 0 Å². The molecule has 0 aliphatic rings. The van der Waals surface area contributed by atoms with Gasteiger partial charge in [-0.3, -0.25) is 0 Å². The Hall–Kier alpha value is -1.14. The van der Waals surface area contributed by atoms with Gasteiger partial charge in [0, 0.05) is 0 Å². The number of rotatable bonds is 3. The summed E-state index contributed by atoms with van der Waals surface area (Å²) in [5.74, 6) is 0. The van der Waals surface area contributed by atoms with E-state index in [2.05, 4.69) is 0 Å². The van der Waals surface area contributed by atoms with Crippen LogP contribution in [-0.2, 0) is 11.6 Å². The summed E-state index contributed by atoms with van der Waals surface area (Å²) < 4.78 is 3.03. The van der Waals surface area contributed by atoms with Crippen LogP contribution < -0.4 is 12.5 Å². The molecule has 0 heterocycles. The van der Waals surface area contributed by atoms with E-state index in [-0.39, 0.29) is 0 Å². The molecule has 0 N–H and O–H groups in total. The first-order chi connectivity index (χ1) is 10.1. The molecule has 0 unspecified atom stereocenters. The van der Waals surface area contributed by atoms with Gasteiger partial charge in [-0.05, 0) is 0 Å². The van der Waals surface area contributed by atoms with Gasteiger partial charge in [-0.2, -0.15) is 0 Å². The Morgan fingerprint density at radius 1 is 0.429 bits per heavy atom. The fraction of sp³-hybridized carbons (Fsp3) is 0. The maximum absolute atomic E-state index is 7.31. The molecule has 0 nitrogen and oxygen atoms in total. The van der Waals surface area contributed by atoms with Crippen LogP contribution >= 0.6 is 19.4 Å². The minimum atomic E-state index is -4.07. The zero-order valence-electron chi connectivity index (χ0n) is 11.3. The van der Waals surface area contributed by atoms with E-state index in [1.54, 1.807) is 0 Å². The van der Waals surface area contributed by atoms with Crippen molar-refractivity contribution in [2.45, 2.75) is 0 Å². The summed E-state index contributed by atoms with van der Waals surface area (Å²) in [5, 5.41) is 0. The standard InChI is InChI=1S/3C6H5.2ClH.Ru/c3*1-2-4-6-5-3-1;;;/h3*1-5H;2*1H;/q;;;;;+2/p-2. The van der Waals surface area contributed by atoms with E-state index in [1.807, 2.05) is 91.0 Å². The van der Waals surface area contributed by atoms with Crippen molar-refractivity contribution in [2.24, 2.45) is 0 Å². The van der Waals surface area contributed by atoms with E-state index < -0.39 is 11.6 Å². The van der Waals surface area contributed by atoms with Gasteiger partial charge in [0.15, 0.2) is 0 Å². The summed E-state index contributed by atoms with van der Waals surface area (Å²) in [6, 6.07) is 30.1. The first-order valence-electron chi connectivity index (χ1n) is 6.53. The molecular formula is C18H15Cl2Ru. The Kier molecular flexibility index (Phi) is 3.92. The number of halogens is 2. The zero-order valence-corrected chi connectivity index (χ0v) is 14.5. The average Bonchev–Trinajstić information content (AvgIpc) is 2.57. The Labute approximate surface area is 134 Å². The van der Waals surface area contributed by atoms with Crippen molar-refractivity contribution in [1.29, 1.82) is 0 Å². The van der Waals surface area contributed by atoms with Crippen molar-refractivity contribution in [3.05, 3.63) is 91.0 Å². The van der Waals surface area contributed by atoms with Crippen LogP contribution in [0.25, 0.3) is 0 Å². The second kappa shape index (κ2) is 5.57. The van der Waals surface area contributed by atoms with Crippen LogP contribution in [0, 0.1) is 0 Å². The fourth-order valence-corrected chi connectivity index (χ4v) is 11.2. The molecule has 3 heteroatoms. The SMILES string of the molecule is [Cl][Ru]([Cl])([c]1ccccc1)([c]1ccccc1)[c]1ccccc1. The molecule has 3 rings (SSSR count). The molecule has 0 aliphatic heterocycles. The molecular weight excluding hydrogens is 388 g/mol. The fourth-order valence-electron chi connectivity index (χ4n) is 2.20. The number of hydrogen-bond donors (Lipinski definition) is 0. The van der Waals surface area contributed by atoms with E-state index in [0.717, 1.165) is 12.5 Å². The molecule has 3 aromatic carbocycles. The third-order valence-corrected chi connectivity index (χ3v) is 15.8. The van der Waals surface area contributed by atoms with Crippen molar-refractivity contribution < 1.29 is 11.6 Å². The molecule has 109 valence electrons. The Morgan fingerprint density at radius 3 is 0.905 bits per heavy atom. The van der Waals surface area contributed by atoms with Gasteiger partial charge in [0.25, 0.3) is 0 Å². The van der Waals surface area contributed by atoms with Crippen LogP contribution in [0.1, 0.15) is 0 Å². The molecule has 0 aromatic heterocycles. The summed E-state index contributed by atoms with van der Waals surface area (Å²) in [4.78, 5) is 0. The Balaban J connectivity index is 2.36. The van der Waals surface area contributed by atoms with Crippen molar-refractivity contribution in [2.75, 3.05) is 0 Å². The normalized spacial score (nSPS) is 13.3. The van der Waals surface area contributed by atoms with Gasteiger partial charge in [-0.15, -0.1) is 0 Å². The second-order valence-electron chi connectivity index (χ2n) is 4.56. The quantitative estimate of drug-likeness (QED) is 0.581. The number of benzene rings is 3. The monoisotopic (exact) mass is 403 g/mol. The topological polar surface area (TPSA) is 0 Å². The van der Waals surface area contributed by atoms with Crippen LogP contribution in [0.5, 0.6) is 0 Å². The van der Waals surface area contributed by atoms with Crippen LogP contribution in [0.3, 0.4) is 0 Å². The van der Waals surface area contributed by atoms with Gasteiger partial charge in [0.05, 0.1) is 0 Å². The first-order valence-corrected chi connectivity index (χ1v) is 13.6. The van der Waals surface area contributed by atoms with E-state index in [4.69, 9.17) is 19.4 Å². The molecule has 0 atom stereocenters. The minimum absolute atomic E-state index is 1.01. The number of hydrogen-bond acceptors (Lipinski definition) is 0. The van der Waals surface area contributed by atoms with Crippen molar-refractivity contribution in [1.82, 2.24) is 0 Å². The summed E-state index contributed by atoms with van der Waals surface area (Å²) >= 11 is -4.07. The summed E-state index contributed by atoms with van der Waals surface area (Å²) in [6.45, 7) is 0. The Morgan fingerprint density at radius 2 is 0.667 bits per heavy atom. The predicted molar refractivity (Wildman–Crippen MR) is 89.9 cm³/mol. The Bertz CT molecular complexity index is 622. The predicted octanol–water partition coefficient (Wildman–Crippen LogP) is 3.96. The molecule has 0 aliphatic carbocycles. The van der Waals surface area contributed by atoms with Crippen molar-refractivity contribution in [3.8, 4) is 0 Å². The first kappa shape index (κ1) is 14.8. The van der Waals surface area contributed by atoms with Gasteiger partial charge in [0.1, 0.15) is 0 Å². The molecule has 0 saturated heterocycles. The molecule has 0 bridgehead atoms. The van der Waals surface area contributed by atoms with Gasteiger partial charge in [0.2, 0.25) is 0 Å². The van der Waals surface area contributed by atoms with Crippen LogP contribution in [0.15, 0.2) is 91.0 Å². The second-order valence-corrected chi connectivity index (χ2v) is 18.2. The molecule has 0 spiro atoms. The van der Waals surface area contributed by atoms with Crippen LogP contribution in [-0.4, -0.2) is 0 Å². The van der Waals surface area contributed by atoms with E-state index in [0.29, 0.717) is 0 Å². The third-order valence-electron chi connectivity index (χ3n) is 3.25. The summed E-state index contributed by atoms with van der Waals surface area (Å²) in [5.41, 5.74) is 0. The molecule has 0 saturated carbocycles. The molecule has 0 amide bonds. The summed E-state index contributed by atoms with van der Waals surface area (Å²) in [6.07, 6.45) is 0. The maximum atomic E-state index is 7.31.